The SMILES string of the molecule is CCOc1cc(OC(C)C)c(F)c(N(Cc2nc(-c3ccccc3F)nn2C)c2ccc(C(=N)N)cc2)c1.O=C(O)C(F)(F)F. The van der Waals surface area contributed by atoms with Gasteiger partial charge in [-0.15, -0.1) is 0 Å². The van der Waals surface area contributed by atoms with Crippen LogP contribution < -0.4 is 20.1 Å². The lowest BCUT2D eigenvalue weighted by Crippen LogP contribution is -2.21. The monoisotopic (exact) mass is 634 g/mol. The molecule has 0 saturated heterocycles. The summed E-state index contributed by atoms with van der Waals surface area (Å²) in [6, 6.07) is 16.2. The Labute approximate surface area is 255 Å². The number of nitrogens with two attached hydrogens (primary N) is 1. The molecule has 45 heavy (non-hydrogen) atoms. The molecular formula is C30H31F5N6O4. The predicted octanol–water partition coefficient (Wildman–Crippen LogP) is 6.20. The smallest absolute Gasteiger partial charge is 0.490 e. The molecule has 0 saturated carbocycles. The van der Waals surface area contributed by atoms with Crippen molar-refractivity contribution >= 4 is 23.2 Å². The average molecular weight is 635 g/mol. The molecule has 1 aromatic heterocycles. The highest BCUT2D eigenvalue weighted by Crippen LogP contribution is 2.38. The molecule has 0 aliphatic carbocycles. The van der Waals surface area contributed by atoms with E-state index < -0.39 is 23.8 Å². The van der Waals surface area contributed by atoms with Crippen LogP contribution in [-0.4, -0.2) is 50.6 Å². The number of aliphatic carboxylic acids is 1. The molecule has 0 atom stereocenters. The molecule has 15 heteroatoms. The summed E-state index contributed by atoms with van der Waals surface area (Å²) in [6.45, 7) is 5.94. The molecule has 0 unspecified atom stereocenters. The van der Waals surface area contributed by atoms with Gasteiger partial charge in [0.15, 0.2) is 17.4 Å². The summed E-state index contributed by atoms with van der Waals surface area (Å²) in [6.07, 6.45) is -5.35. The average Bonchev–Trinajstić information content (AvgIpc) is 3.33. The molecule has 0 amide bonds. The third-order valence-electron chi connectivity index (χ3n) is 5.96. The number of nitrogen functional groups attached to an aromatic ring is 1. The Bertz CT molecular complexity index is 1640. The van der Waals surface area contributed by atoms with Gasteiger partial charge in [0.05, 0.1) is 30.5 Å². The zero-order chi connectivity index (χ0) is 33.5. The number of hydrogen-bond acceptors (Lipinski definition) is 7. The molecule has 0 fully saturated rings. The highest BCUT2D eigenvalue weighted by molar-refractivity contribution is 5.95. The first-order valence-corrected chi connectivity index (χ1v) is 13.4. The molecule has 4 aromatic rings. The van der Waals surface area contributed by atoms with Gasteiger partial charge in [-0.05, 0) is 57.2 Å². The molecule has 240 valence electrons. The van der Waals surface area contributed by atoms with Crippen LogP contribution in [0.4, 0.5) is 33.3 Å². The molecule has 10 nitrogen and oxygen atoms in total. The molecule has 0 aliphatic rings. The molecule has 4 N–H and O–H groups in total. The summed E-state index contributed by atoms with van der Waals surface area (Å²) in [5.41, 5.74) is 7.23. The maximum atomic E-state index is 16.0. The van der Waals surface area contributed by atoms with Crippen molar-refractivity contribution < 1.29 is 41.3 Å². The number of nitrogens with one attached hydrogen (secondary N) is 1. The van der Waals surface area contributed by atoms with E-state index >= 15 is 4.39 Å². The number of carboxylic acids is 1. The predicted molar refractivity (Wildman–Crippen MR) is 157 cm³/mol. The summed E-state index contributed by atoms with van der Waals surface area (Å²) in [5, 5.41) is 19.2. The van der Waals surface area contributed by atoms with Gasteiger partial charge < -0.3 is 25.2 Å². The Balaban J connectivity index is 0.000000707. The van der Waals surface area contributed by atoms with Crippen LogP contribution in [-0.2, 0) is 18.4 Å². The van der Waals surface area contributed by atoms with Crippen LogP contribution in [0, 0.1) is 17.0 Å². The Hall–Kier alpha value is -5.21. The maximum absolute atomic E-state index is 16.0. The third-order valence-corrected chi connectivity index (χ3v) is 5.96. The number of hydrogen-bond donors (Lipinski definition) is 3. The number of anilines is 2. The number of alkyl halides is 3. The van der Waals surface area contributed by atoms with Gasteiger partial charge in [0.2, 0.25) is 0 Å². The molecule has 3 aromatic carbocycles. The van der Waals surface area contributed by atoms with Crippen LogP contribution in [0.25, 0.3) is 11.4 Å². The van der Waals surface area contributed by atoms with Crippen molar-refractivity contribution in [2.24, 2.45) is 12.8 Å². The summed E-state index contributed by atoms with van der Waals surface area (Å²) in [7, 11) is 1.70. The second-order valence-electron chi connectivity index (χ2n) is 9.66. The van der Waals surface area contributed by atoms with Crippen LogP contribution in [0.3, 0.4) is 0 Å². The van der Waals surface area contributed by atoms with Crippen LogP contribution >= 0.6 is 0 Å². The zero-order valence-electron chi connectivity index (χ0n) is 24.7. The van der Waals surface area contributed by atoms with E-state index in [4.69, 9.17) is 30.5 Å². The van der Waals surface area contributed by atoms with Gasteiger partial charge in [-0.3, -0.25) is 10.1 Å². The summed E-state index contributed by atoms with van der Waals surface area (Å²) >= 11 is 0. The molecule has 4 rings (SSSR count). The van der Waals surface area contributed by atoms with E-state index in [0.717, 1.165) is 0 Å². The van der Waals surface area contributed by atoms with Crippen molar-refractivity contribution in [1.29, 1.82) is 5.41 Å². The minimum Gasteiger partial charge on any atom is -0.494 e. The van der Waals surface area contributed by atoms with E-state index in [1.165, 1.54) is 16.8 Å². The minimum absolute atomic E-state index is 0.0521. The first-order valence-electron chi connectivity index (χ1n) is 13.4. The lowest BCUT2D eigenvalue weighted by molar-refractivity contribution is -0.192. The number of aryl methyl sites for hydroxylation is 1. The lowest BCUT2D eigenvalue weighted by atomic mass is 10.1. The standard InChI is InChI=1S/C28H30F2N6O2.C2HF3O2/c1-5-37-20-14-23(26(30)24(15-20)38-17(2)3)36(19-12-10-18(11-13-19)27(31)32)16-25-33-28(34-35(25)4)21-8-6-7-9-22(21)29;3-2(4,5)1(6)7/h6-15,17H,5,16H2,1-4H3,(H3,31,32);(H,6,7). The zero-order valence-corrected chi connectivity index (χ0v) is 24.7. The summed E-state index contributed by atoms with van der Waals surface area (Å²) in [5.74, 6) is -2.67. The Morgan fingerprint density at radius 2 is 1.73 bits per heavy atom. The highest BCUT2D eigenvalue weighted by atomic mass is 19.4. The van der Waals surface area contributed by atoms with Crippen LogP contribution in [0.1, 0.15) is 32.2 Å². The number of rotatable bonds is 10. The number of carboxylic acid groups (broad SMARTS) is 1. The molecule has 0 aliphatic heterocycles. The third kappa shape index (κ3) is 8.90. The fourth-order valence-corrected chi connectivity index (χ4v) is 3.93. The number of benzene rings is 3. The van der Waals surface area contributed by atoms with E-state index in [2.05, 4.69) is 10.1 Å². The molecule has 0 spiro atoms. The minimum atomic E-state index is -5.08. The number of nitrogens with zero attached hydrogens (tertiary/aromatic N) is 4. The largest absolute Gasteiger partial charge is 0.494 e. The van der Waals surface area contributed by atoms with Gasteiger partial charge in [-0.25, -0.2) is 18.6 Å². The van der Waals surface area contributed by atoms with Crippen molar-refractivity contribution in [3.05, 3.63) is 83.7 Å². The van der Waals surface area contributed by atoms with Gasteiger partial charge in [0.25, 0.3) is 0 Å². The van der Waals surface area contributed by atoms with Crippen molar-refractivity contribution in [2.45, 2.75) is 39.6 Å². The molecule has 0 radical (unpaired) electrons. The highest BCUT2D eigenvalue weighted by Gasteiger charge is 2.38. The Kier molecular flexibility index (Phi) is 11.1. The van der Waals surface area contributed by atoms with E-state index in [9.17, 15) is 17.6 Å². The number of aromatic nitrogens is 3. The molecular weight excluding hydrogens is 603 g/mol. The van der Waals surface area contributed by atoms with Gasteiger partial charge in [0, 0.05) is 30.4 Å². The number of amidine groups is 1. The number of halogens is 5. The Morgan fingerprint density at radius 3 is 2.27 bits per heavy atom. The second-order valence-corrected chi connectivity index (χ2v) is 9.66. The normalized spacial score (nSPS) is 11.1. The first kappa shape index (κ1) is 34.3. The van der Waals surface area contributed by atoms with Crippen molar-refractivity contribution in [1.82, 2.24) is 14.8 Å². The van der Waals surface area contributed by atoms with E-state index in [0.29, 0.717) is 29.4 Å². The molecule has 1 heterocycles. The van der Waals surface area contributed by atoms with Crippen LogP contribution in [0.5, 0.6) is 11.5 Å². The van der Waals surface area contributed by atoms with Gasteiger partial charge in [-0.1, -0.05) is 12.1 Å². The second kappa shape index (κ2) is 14.5. The van der Waals surface area contributed by atoms with Crippen molar-refractivity contribution in [3.8, 4) is 22.9 Å². The van der Waals surface area contributed by atoms with Crippen molar-refractivity contribution in [2.75, 3.05) is 11.5 Å². The summed E-state index contributed by atoms with van der Waals surface area (Å²) in [4.78, 5) is 15.2. The van der Waals surface area contributed by atoms with E-state index in [-0.39, 0.29) is 41.3 Å². The number of carbonyl (C=O) groups is 1. The fourth-order valence-electron chi connectivity index (χ4n) is 3.93. The van der Waals surface area contributed by atoms with Gasteiger partial charge >= 0.3 is 12.1 Å². The number of ether oxygens (including phenoxy) is 2. The fraction of sp³-hybridized carbons (Fsp3) is 0.267. The topological polar surface area (TPSA) is 140 Å². The lowest BCUT2D eigenvalue weighted by Gasteiger charge is -2.27. The van der Waals surface area contributed by atoms with Crippen LogP contribution in [0.15, 0.2) is 60.7 Å². The van der Waals surface area contributed by atoms with Crippen molar-refractivity contribution in [3.63, 3.8) is 0 Å². The molecule has 0 bridgehead atoms. The quantitative estimate of drug-likeness (QED) is 0.106. The Morgan fingerprint density at radius 1 is 1.11 bits per heavy atom. The van der Waals surface area contributed by atoms with E-state index in [1.807, 2.05) is 20.8 Å². The van der Waals surface area contributed by atoms with Gasteiger partial charge in [-0.2, -0.15) is 18.3 Å². The van der Waals surface area contributed by atoms with Crippen LogP contribution in [0.2, 0.25) is 0 Å². The van der Waals surface area contributed by atoms with E-state index in [1.54, 1.807) is 60.5 Å². The first-order chi connectivity index (χ1) is 21.1. The van der Waals surface area contributed by atoms with Gasteiger partial charge in [0.1, 0.15) is 23.2 Å². The summed E-state index contributed by atoms with van der Waals surface area (Å²) < 4.78 is 75.1. The maximum Gasteiger partial charge on any atom is 0.490 e.